The summed E-state index contributed by atoms with van der Waals surface area (Å²) in [5.74, 6) is 1.17. The predicted octanol–water partition coefficient (Wildman–Crippen LogP) is 5.25. The highest BCUT2D eigenvalue weighted by Gasteiger charge is 2.30. The molecule has 1 aliphatic heterocycles. The van der Waals surface area contributed by atoms with Crippen LogP contribution in [-0.2, 0) is 30.0 Å². The fraction of sp³-hybridized carbons (Fsp3) is 0.480. The number of nitrogens with zero attached hydrogens (tertiary/aromatic N) is 4. The van der Waals surface area contributed by atoms with Gasteiger partial charge in [-0.05, 0) is 43.4 Å². The molecule has 0 saturated heterocycles. The number of aromatic nitrogens is 2. The fourth-order valence-corrected chi connectivity index (χ4v) is 5.17. The van der Waals surface area contributed by atoms with Gasteiger partial charge in [-0.25, -0.2) is 4.39 Å². The highest BCUT2D eigenvalue weighted by atomic mass is 32.2. The third kappa shape index (κ3) is 5.49. The Kier molecular flexibility index (Phi) is 7.85. The van der Waals surface area contributed by atoms with Crippen LogP contribution >= 0.6 is 11.8 Å². The standard InChI is InChI=1S/C25H31FN4O2S/c1-3-5-6-15-29-22(28-32-23(29)8-4-2)16-30-21-10-7-9-20(21)24(31)27-25(30)33-17-18-11-13-19(26)14-12-18/h6,11-15,23H,3-5,7-10,16-17H2,1-2H3. The Hall–Kier alpha value is -2.61. The Bertz CT molecular complexity index is 1080. The second-order valence-corrected chi connectivity index (χ2v) is 9.36. The Labute approximate surface area is 198 Å². The lowest BCUT2D eigenvalue weighted by Gasteiger charge is -2.23. The quantitative estimate of drug-likeness (QED) is 0.351. The summed E-state index contributed by atoms with van der Waals surface area (Å²) >= 11 is 1.50. The van der Waals surface area contributed by atoms with Crippen LogP contribution in [0.3, 0.4) is 0 Å². The predicted molar refractivity (Wildman–Crippen MR) is 130 cm³/mol. The van der Waals surface area contributed by atoms with Crippen molar-refractivity contribution in [1.29, 1.82) is 0 Å². The van der Waals surface area contributed by atoms with E-state index in [1.807, 2.05) is 0 Å². The molecular formula is C25H31FN4O2S. The zero-order chi connectivity index (χ0) is 23.2. The molecule has 0 amide bonds. The smallest absolute Gasteiger partial charge is 0.277 e. The highest BCUT2D eigenvalue weighted by molar-refractivity contribution is 7.98. The molecule has 33 heavy (non-hydrogen) atoms. The molecule has 2 aliphatic rings. The van der Waals surface area contributed by atoms with E-state index >= 15 is 0 Å². The number of benzene rings is 1. The van der Waals surface area contributed by atoms with Crippen molar-refractivity contribution in [2.24, 2.45) is 5.16 Å². The van der Waals surface area contributed by atoms with Gasteiger partial charge in [0, 0.05) is 29.6 Å². The van der Waals surface area contributed by atoms with E-state index in [4.69, 9.17) is 4.84 Å². The van der Waals surface area contributed by atoms with Crippen molar-refractivity contribution in [3.8, 4) is 0 Å². The zero-order valence-electron chi connectivity index (χ0n) is 19.3. The van der Waals surface area contributed by atoms with Gasteiger partial charge in [0.1, 0.15) is 5.82 Å². The van der Waals surface area contributed by atoms with Crippen LogP contribution in [0, 0.1) is 5.82 Å². The largest absolute Gasteiger partial charge is 0.368 e. The first kappa shape index (κ1) is 23.5. The molecule has 2 aromatic rings. The minimum absolute atomic E-state index is 0.103. The summed E-state index contributed by atoms with van der Waals surface area (Å²) in [7, 11) is 0. The average molecular weight is 471 g/mol. The van der Waals surface area contributed by atoms with Gasteiger partial charge in [-0.1, -0.05) is 61.8 Å². The van der Waals surface area contributed by atoms with E-state index in [9.17, 15) is 9.18 Å². The van der Waals surface area contributed by atoms with Crippen molar-refractivity contribution in [2.45, 2.75) is 82.5 Å². The first-order valence-corrected chi connectivity index (χ1v) is 12.8. The Balaban J connectivity index is 1.62. The summed E-state index contributed by atoms with van der Waals surface area (Å²) in [6.07, 6.45) is 10.7. The van der Waals surface area contributed by atoms with E-state index in [0.29, 0.717) is 17.5 Å². The van der Waals surface area contributed by atoms with Gasteiger partial charge in [-0.3, -0.25) is 9.69 Å². The molecule has 0 spiro atoms. The van der Waals surface area contributed by atoms with Gasteiger partial charge in [0.05, 0.1) is 6.54 Å². The maximum Gasteiger partial charge on any atom is 0.277 e. The van der Waals surface area contributed by atoms with Gasteiger partial charge in [-0.2, -0.15) is 4.98 Å². The number of hydrogen-bond donors (Lipinski definition) is 0. The van der Waals surface area contributed by atoms with Crippen LogP contribution in [0.15, 0.2) is 51.6 Å². The normalized spacial score (nSPS) is 17.5. The molecule has 1 aliphatic carbocycles. The van der Waals surface area contributed by atoms with E-state index < -0.39 is 0 Å². The van der Waals surface area contributed by atoms with E-state index in [-0.39, 0.29) is 17.6 Å². The van der Waals surface area contributed by atoms with Crippen molar-refractivity contribution in [3.05, 3.63) is 69.5 Å². The Morgan fingerprint density at radius 2 is 2.03 bits per heavy atom. The van der Waals surface area contributed by atoms with Gasteiger partial charge < -0.3 is 9.40 Å². The molecule has 1 aromatic carbocycles. The van der Waals surface area contributed by atoms with Crippen LogP contribution in [-0.4, -0.2) is 26.5 Å². The monoisotopic (exact) mass is 470 g/mol. The highest BCUT2D eigenvalue weighted by Crippen LogP contribution is 2.28. The molecule has 1 aromatic heterocycles. The summed E-state index contributed by atoms with van der Waals surface area (Å²) < 4.78 is 15.4. The molecule has 0 fully saturated rings. The van der Waals surface area contributed by atoms with Crippen LogP contribution < -0.4 is 5.56 Å². The van der Waals surface area contributed by atoms with Crippen molar-refractivity contribution >= 4 is 17.6 Å². The lowest BCUT2D eigenvalue weighted by molar-refractivity contribution is 0.0212. The first-order chi connectivity index (χ1) is 16.1. The van der Waals surface area contributed by atoms with Crippen molar-refractivity contribution in [3.63, 3.8) is 0 Å². The molecule has 6 nitrogen and oxygen atoms in total. The minimum atomic E-state index is -0.256. The molecule has 4 rings (SSSR count). The molecule has 8 heteroatoms. The van der Waals surface area contributed by atoms with Gasteiger partial charge >= 0.3 is 0 Å². The average Bonchev–Trinajstić information content (AvgIpc) is 3.44. The minimum Gasteiger partial charge on any atom is -0.368 e. The second-order valence-electron chi connectivity index (χ2n) is 8.42. The van der Waals surface area contributed by atoms with Crippen LogP contribution in [0.4, 0.5) is 4.39 Å². The number of allylic oxidation sites excluding steroid dienone is 1. The number of amidine groups is 1. The zero-order valence-corrected chi connectivity index (χ0v) is 20.1. The number of unbranched alkanes of at least 4 members (excludes halogenated alkanes) is 1. The summed E-state index contributed by atoms with van der Waals surface area (Å²) in [6, 6.07) is 6.45. The van der Waals surface area contributed by atoms with Crippen molar-refractivity contribution in [1.82, 2.24) is 14.5 Å². The summed E-state index contributed by atoms with van der Waals surface area (Å²) in [4.78, 5) is 25.0. The number of oxime groups is 1. The fourth-order valence-electron chi connectivity index (χ4n) is 4.20. The molecule has 0 radical (unpaired) electrons. The molecule has 1 unspecified atom stereocenters. The van der Waals surface area contributed by atoms with Gasteiger partial charge in [0.15, 0.2) is 11.0 Å². The van der Waals surface area contributed by atoms with E-state index in [2.05, 4.69) is 45.7 Å². The van der Waals surface area contributed by atoms with Crippen LogP contribution in [0.5, 0.6) is 0 Å². The number of hydrogen-bond acceptors (Lipinski definition) is 6. The summed E-state index contributed by atoms with van der Waals surface area (Å²) in [6.45, 7) is 4.79. The molecule has 176 valence electrons. The van der Waals surface area contributed by atoms with Gasteiger partial charge in [0.25, 0.3) is 5.56 Å². The van der Waals surface area contributed by atoms with Gasteiger partial charge in [-0.15, -0.1) is 0 Å². The molecule has 0 bridgehead atoms. The number of fused-ring (bicyclic) bond motifs is 1. The van der Waals surface area contributed by atoms with E-state index in [1.165, 1.54) is 23.9 Å². The summed E-state index contributed by atoms with van der Waals surface area (Å²) in [5.41, 5.74) is 2.72. The number of rotatable bonds is 10. The topological polar surface area (TPSA) is 59.7 Å². The Morgan fingerprint density at radius 1 is 1.21 bits per heavy atom. The maximum atomic E-state index is 13.3. The van der Waals surface area contributed by atoms with E-state index in [1.54, 1.807) is 12.1 Å². The van der Waals surface area contributed by atoms with Crippen LogP contribution in [0.1, 0.15) is 62.8 Å². The molecule has 2 heterocycles. The molecule has 0 saturated carbocycles. The van der Waals surface area contributed by atoms with Crippen LogP contribution in [0.2, 0.25) is 0 Å². The lowest BCUT2D eigenvalue weighted by atomic mass is 10.2. The van der Waals surface area contributed by atoms with Gasteiger partial charge in [0.2, 0.25) is 6.23 Å². The SMILES string of the molecule is CCCC=CN1C(Cn2c(SCc3ccc(F)cc3)nc(=O)c3c2CCC3)=NOC1CCC. The Morgan fingerprint density at radius 3 is 2.79 bits per heavy atom. The van der Waals surface area contributed by atoms with Crippen molar-refractivity contribution < 1.29 is 9.23 Å². The number of thioether (sulfide) groups is 1. The van der Waals surface area contributed by atoms with Crippen LogP contribution in [0.25, 0.3) is 0 Å². The number of halogens is 1. The lowest BCUT2D eigenvalue weighted by Crippen LogP contribution is -2.35. The molecule has 0 N–H and O–H groups in total. The van der Waals surface area contributed by atoms with E-state index in [0.717, 1.165) is 67.6 Å². The molecular weight excluding hydrogens is 439 g/mol. The summed E-state index contributed by atoms with van der Waals surface area (Å²) in [5, 5.41) is 5.09. The first-order valence-electron chi connectivity index (χ1n) is 11.8. The van der Waals surface area contributed by atoms with Crippen molar-refractivity contribution in [2.75, 3.05) is 0 Å². The third-order valence-corrected chi connectivity index (χ3v) is 6.97. The second kappa shape index (κ2) is 11.0. The molecule has 1 atom stereocenters. The third-order valence-electron chi connectivity index (χ3n) is 5.93. The maximum absolute atomic E-state index is 13.3.